The van der Waals surface area contributed by atoms with Gasteiger partial charge in [0.15, 0.2) is 5.13 Å². The molecule has 0 atom stereocenters. The maximum absolute atomic E-state index is 12.7. The van der Waals surface area contributed by atoms with Crippen molar-refractivity contribution in [3.8, 4) is 0 Å². The molecule has 0 aliphatic heterocycles. The van der Waals surface area contributed by atoms with E-state index in [1.807, 2.05) is 0 Å². The number of carbonyl (C=O) groups excluding carboxylic acids is 1. The number of nitrogens with one attached hydrogen (secondary N) is 1. The number of aromatic nitrogens is 1. The molecule has 1 N–H and O–H groups in total. The van der Waals surface area contributed by atoms with Crippen LogP contribution in [0.5, 0.6) is 0 Å². The molecule has 0 bridgehead atoms. The van der Waals surface area contributed by atoms with Gasteiger partial charge in [-0.15, -0.1) is 11.3 Å². The Morgan fingerprint density at radius 3 is 2.46 bits per heavy atom. The first-order valence-electron chi connectivity index (χ1n) is 7.01. The molecule has 6 nitrogen and oxygen atoms in total. The average molecular weight is 408 g/mol. The Morgan fingerprint density at radius 2 is 1.92 bits per heavy atom. The summed E-state index contributed by atoms with van der Waals surface area (Å²) in [4.78, 5) is 16.1. The van der Waals surface area contributed by atoms with E-state index in [9.17, 15) is 13.2 Å². The van der Waals surface area contributed by atoms with Gasteiger partial charge in [-0.1, -0.05) is 37.0 Å². The number of sulfonamides is 1. The first-order chi connectivity index (χ1) is 11.3. The van der Waals surface area contributed by atoms with Crippen LogP contribution >= 0.6 is 34.5 Å². The molecule has 0 radical (unpaired) electrons. The van der Waals surface area contributed by atoms with E-state index in [4.69, 9.17) is 23.2 Å². The second-order valence-electron chi connectivity index (χ2n) is 4.64. The topological polar surface area (TPSA) is 79.4 Å². The van der Waals surface area contributed by atoms with Crippen LogP contribution in [-0.4, -0.2) is 36.7 Å². The molecule has 0 unspecified atom stereocenters. The second kappa shape index (κ2) is 7.79. The lowest BCUT2D eigenvalue weighted by molar-refractivity contribution is 0.102. The molecule has 0 aliphatic rings. The van der Waals surface area contributed by atoms with Crippen molar-refractivity contribution in [1.82, 2.24) is 9.29 Å². The summed E-state index contributed by atoms with van der Waals surface area (Å²) in [6, 6.07) is 2.46. The number of thiazole rings is 1. The highest BCUT2D eigenvalue weighted by Crippen LogP contribution is 2.31. The highest BCUT2D eigenvalue weighted by Gasteiger charge is 2.27. The summed E-state index contributed by atoms with van der Waals surface area (Å²) >= 11 is 13.4. The maximum atomic E-state index is 12.7. The summed E-state index contributed by atoms with van der Waals surface area (Å²) in [5, 5.41) is 4.69. The predicted molar refractivity (Wildman–Crippen MR) is 96.6 cm³/mol. The molecule has 1 aromatic carbocycles. The normalized spacial score (nSPS) is 11.7. The van der Waals surface area contributed by atoms with Crippen molar-refractivity contribution in [3.63, 3.8) is 0 Å². The summed E-state index contributed by atoms with van der Waals surface area (Å²) in [6.45, 7) is 4.03. The number of hydrogen-bond acceptors (Lipinski definition) is 5. The third-order valence-corrected chi connectivity index (χ3v) is 6.76. The lowest BCUT2D eigenvalue weighted by Crippen LogP contribution is -2.31. The van der Waals surface area contributed by atoms with E-state index in [1.54, 1.807) is 25.4 Å². The second-order valence-corrected chi connectivity index (χ2v) is 8.26. The number of rotatable bonds is 6. The zero-order valence-electron chi connectivity index (χ0n) is 12.9. The minimum Gasteiger partial charge on any atom is -0.298 e. The van der Waals surface area contributed by atoms with Crippen LogP contribution in [0.2, 0.25) is 10.0 Å². The van der Waals surface area contributed by atoms with Crippen molar-refractivity contribution in [2.75, 3.05) is 18.4 Å². The van der Waals surface area contributed by atoms with Gasteiger partial charge in [0.05, 0.1) is 15.6 Å². The van der Waals surface area contributed by atoms with Crippen LogP contribution in [0.3, 0.4) is 0 Å². The molecule has 10 heteroatoms. The Hall–Kier alpha value is -1.19. The van der Waals surface area contributed by atoms with E-state index in [0.29, 0.717) is 18.2 Å². The van der Waals surface area contributed by atoms with Gasteiger partial charge in [0.2, 0.25) is 10.0 Å². The van der Waals surface area contributed by atoms with Crippen molar-refractivity contribution in [3.05, 3.63) is 39.3 Å². The van der Waals surface area contributed by atoms with Gasteiger partial charge < -0.3 is 0 Å². The Labute approximate surface area is 154 Å². The lowest BCUT2D eigenvalue weighted by atomic mass is 10.2. The number of benzene rings is 1. The SMILES string of the molecule is CCN(CC)S(=O)(=O)c1cc(C(=O)Nc2nccs2)c(Cl)cc1Cl. The molecule has 0 saturated heterocycles. The van der Waals surface area contributed by atoms with E-state index in [1.165, 1.54) is 27.8 Å². The van der Waals surface area contributed by atoms with Gasteiger partial charge >= 0.3 is 0 Å². The van der Waals surface area contributed by atoms with Crippen molar-refractivity contribution in [2.45, 2.75) is 18.7 Å². The summed E-state index contributed by atoms with van der Waals surface area (Å²) in [5.41, 5.74) is 0.0157. The molecular formula is C14H15Cl2N3O3S2. The zero-order chi connectivity index (χ0) is 17.9. The molecule has 0 saturated carbocycles. The first-order valence-corrected chi connectivity index (χ1v) is 10.1. The molecule has 1 aromatic heterocycles. The van der Waals surface area contributed by atoms with Crippen molar-refractivity contribution in [2.24, 2.45) is 0 Å². The molecule has 0 aliphatic carbocycles. The van der Waals surface area contributed by atoms with Gasteiger partial charge in [-0.2, -0.15) is 4.31 Å². The van der Waals surface area contributed by atoms with E-state index in [0.717, 1.165) is 0 Å². The molecule has 0 fully saturated rings. The molecule has 1 amide bonds. The van der Waals surface area contributed by atoms with Crippen molar-refractivity contribution >= 4 is 55.6 Å². The van der Waals surface area contributed by atoms with Crippen LogP contribution in [0.4, 0.5) is 5.13 Å². The highest BCUT2D eigenvalue weighted by molar-refractivity contribution is 7.89. The van der Waals surface area contributed by atoms with Gasteiger partial charge in [-0.25, -0.2) is 13.4 Å². The maximum Gasteiger partial charge on any atom is 0.259 e. The standard InChI is InChI=1S/C14H15Cl2N3O3S2/c1-3-19(4-2)24(21,22)12-7-9(10(15)8-11(12)16)13(20)18-14-17-5-6-23-14/h5-8H,3-4H2,1-2H3,(H,17,18,20). The van der Waals surface area contributed by atoms with E-state index < -0.39 is 15.9 Å². The molecule has 130 valence electrons. The van der Waals surface area contributed by atoms with E-state index in [2.05, 4.69) is 10.3 Å². The fourth-order valence-electron chi connectivity index (χ4n) is 2.05. The quantitative estimate of drug-likeness (QED) is 0.790. The Balaban J connectivity index is 2.47. The number of amides is 1. The predicted octanol–water partition coefficient (Wildman–Crippen LogP) is 3.73. The van der Waals surface area contributed by atoms with Crippen LogP contribution in [-0.2, 0) is 10.0 Å². The van der Waals surface area contributed by atoms with Crippen LogP contribution < -0.4 is 5.32 Å². The average Bonchev–Trinajstić information content (AvgIpc) is 3.00. The van der Waals surface area contributed by atoms with Crippen LogP contribution in [0.1, 0.15) is 24.2 Å². The number of halogens is 2. The summed E-state index contributed by atoms with van der Waals surface area (Å²) < 4.78 is 26.6. The monoisotopic (exact) mass is 407 g/mol. The van der Waals surface area contributed by atoms with Gasteiger partial charge in [0.25, 0.3) is 5.91 Å². The minimum atomic E-state index is -3.82. The van der Waals surface area contributed by atoms with Crippen LogP contribution in [0, 0.1) is 0 Å². The van der Waals surface area contributed by atoms with Crippen LogP contribution in [0.25, 0.3) is 0 Å². The van der Waals surface area contributed by atoms with Gasteiger partial charge in [-0.05, 0) is 12.1 Å². The minimum absolute atomic E-state index is 0.0157. The molecule has 2 rings (SSSR count). The largest absolute Gasteiger partial charge is 0.298 e. The number of anilines is 1. The number of nitrogens with zero attached hydrogens (tertiary/aromatic N) is 2. The first kappa shape index (κ1) is 19.1. The molecular weight excluding hydrogens is 393 g/mol. The highest BCUT2D eigenvalue weighted by atomic mass is 35.5. The fourth-order valence-corrected chi connectivity index (χ4v) is 4.87. The lowest BCUT2D eigenvalue weighted by Gasteiger charge is -2.20. The smallest absolute Gasteiger partial charge is 0.259 e. The Morgan fingerprint density at radius 1 is 1.25 bits per heavy atom. The van der Waals surface area contributed by atoms with Crippen molar-refractivity contribution in [1.29, 1.82) is 0 Å². The van der Waals surface area contributed by atoms with Crippen molar-refractivity contribution < 1.29 is 13.2 Å². The van der Waals surface area contributed by atoms with Gasteiger partial charge in [-0.3, -0.25) is 10.1 Å². The molecule has 0 spiro atoms. The third kappa shape index (κ3) is 3.89. The number of carbonyl (C=O) groups is 1. The van der Waals surface area contributed by atoms with E-state index >= 15 is 0 Å². The fraction of sp³-hybridized carbons (Fsp3) is 0.286. The van der Waals surface area contributed by atoms with Crippen LogP contribution in [0.15, 0.2) is 28.6 Å². The Bertz CT molecular complexity index is 835. The molecule has 2 aromatic rings. The van der Waals surface area contributed by atoms with Gasteiger partial charge in [0, 0.05) is 24.7 Å². The number of hydrogen-bond donors (Lipinski definition) is 1. The summed E-state index contributed by atoms with van der Waals surface area (Å²) in [6.07, 6.45) is 1.54. The van der Waals surface area contributed by atoms with E-state index in [-0.39, 0.29) is 20.5 Å². The zero-order valence-corrected chi connectivity index (χ0v) is 16.1. The van der Waals surface area contributed by atoms with Gasteiger partial charge in [0.1, 0.15) is 4.90 Å². The third-order valence-electron chi connectivity index (χ3n) is 3.24. The summed E-state index contributed by atoms with van der Waals surface area (Å²) in [7, 11) is -3.82. The molecule has 1 heterocycles. The summed E-state index contributed by atoms with van der Waals surface area (Å²) in [5.74, 6) is -0.553. The Kier molecular flexibility index (Phi) is 6.22. The molecule has 24 heavy (non-hydrogen) atoms.